The third-order valence-electron chi connectivity index (χ3n) is 3.47. The molecule has 0 saturated carbocycles. The molecule has 2 rings (SSSR count). The number of carbonyl (C=O) groups is 2. The van der Waals surface area contributed by atoms with Gasteiger partial charge in [0.15, 0.2) is 0 Å². The van der Waals surface area contributed by atoms with E-state index < -0.39 is 12.2 Å². The maximum atomic E-state index is 12.7. The SMILES string of the molecule is Cc1cccc(N(CCBr)C(=O)Oc2cccc(NC(=O)OC(C)C)c2)c1. The fourth-order valence-electron chi connectivity index (χ4n) is 2.36. The molecule has 27 heavy (non-hydrogen) atoms. The van der Waals surface area contributed by atoms with Crippen molar-refractivity contribution < 1.29 is 19.1 Å². The molecule has 0 spiro atoms. The molecule has 0 aliphatic carbocycles. The predicted octanol–water partition coefficient (Wildman–Crippen LogP) is 5.35. The second-order valence-corrected chi connectivity index (χ2v) is 6.95. The summed E-state index contributed by atoms with van der Waals surface area (Å²) in [7, 11) is 0. The number of carbonyl (C=O) groups excluding carboxylic acids is 2. The molecule has 0 atom stereocenters. The Morgan fingerprint density at radius 2 is 1.89 bits per heavy atom. The van der Waals surface area contributed by atoms with E-state index in [0.717, 1.165) is 11.3 Å². The summed E-state index contributed by atoms with van der Waals surface area (Å²) >= 11 is 3.37. The fraction of sp³-hybridized carbons (Fsp3) is 0.300. The summed E-state index contributed by atoms with van der Waals surface area (Å²) in [5, 5.41) is 3.22. The lowest BCUT2D eigenvalue weighted by Crippen LogP contribution is -2.35. The van der Waals surface area contributed by atoms with Crippen molar-refractivity contribution in [3.05, 3.63) is 54.1 Å². The number of nitrogens with one attached hydrogen (secondary N) is 1. The standard InChI is InChI=1S/C20H23BrN2O4/c1-14(2)26-19(24)22-16-7-5-9-18(13-16)27-20(25)23(11-10-21)17-8-4-6-15(3)12-17/h4-9,12-14H,10-11H2,1-3H3,(H,22,24). The van der Waals surface area contributed by atoms with Gasteiger partial charge in [-0.25, -0.2) is 9.59 Å². The lowest BCUT2D eigenvalue weighted by molar-refractivity contribution is 0.130. The van der Waals surface area contributed by atoms with Crippen LogP contribution in [0, 0.1) is 6.92 Å². The van der Waals surface area contributed by atoms with Crippen LogP contribution in [0.1, 0.15) is 19.4 Å². The average Bonchev–Trinajstić information content (AvgIpc) is 2.59. The van der Waals surface area contributed by atoms with Crippen LogP contribution < -0.4 is 15.0 Å². The molecule has 0 aliphatic heterocycles. The molecule has 2 amide bonds. The Morgan fingerprint density at radius 3 is 2.56 bits per heavy atom. The quantitative estimate of drug-likeness (QED) is 0.621. The van der Waals surface area contributed by atoms with Crippen LogP contribution in [0.4, 0.5) is 21.0 Å². The van der Waals surface area contributed by atoms with Crippen molar-refractivity contribution in [2.24, 2.45) is 0 Å². The largest absolute Gasteiger partial charge is 0.447 e. The van der Waals surface area contributed by atoms with E-state index in [9.17, 15) is 9.59 Å². The molecule has 0 aromatic heterocycles. The van der Waals surface area contributed by atoms with Crippen LogP contribution in [-0.4, -0.2) is 30.2 Å². The average molecular weight is 435 g/mol. The smallest absolute Gasteiger partial charge is 0.419 e. The minimum Gasteiger partial charge on any atom is -0.447 e. The normalized spacial score (nSPS) is 10.4. The van der Waals surface area contributed by atoms with E-state index in [1.54, 1.807) is 43.0 Å². The summed E-state index contributed by atoms with van der Waals surface area (Å²) in [5.74, 6) is 0.328. The maximum Gasteiger partial charge on any atom is 0.419 e. The van der Waals surface area contributed by atoms with Gasteiger partial charge >= 0.3 is 12.2 Å². The van der Waals surface area contributed by atoms with Crippen LogP contribution in [0.5, 0.6) is 5.75 Å². The van der Waals surface area contributed by atoms with Gasteiger partial charge in [0.25, 0.3) is 0 Å². The molecule has 0 aliphatic rings. The van der Waals surface area contributed by atoms with E-state index in [1.807, 2.05) is 31.2 Å². The van der Waals surface area contributed by atoms with Crippen LogP contribution in [-0.2, 0) is 4.74 Å². The van der Waals surface area contributed by atoms with Crippen LogP contribution >= 0.6 is 15.9 Å². The van der Waals surface area contributed by atoms with Crippen molar-refractivity contribution in [2.45, 2.75) is 26.9 Å². The Kier molecular flexibility index (Phi) is 7.67. The van der Waals surface area contributed by atoms with Gasteiger partial charge in [-0.3, -0.25) is 10.2 Å². The van der Waals surface area contributed by atoms with E-state index in [0.29, 0.717) is 23.3 Å². The molecular formula is C20H23BrN2O4. The lowest BCUT2D eigenvalue weighted by atomic mass is 10.2. The van der Waals surface area contributed by atoms with Gasteiger partial charge in [-0.1, -0.05) is 34.1 Å². The molecule has 0 radical (unpaired) electrons. The third kappa shape index (κ3) is 6.60. The summed E-state index contributed by atoms with van der Waals surface area (Å²) < 4.78 is 10.5. The monoisotopic (exact) mass is 434 g/mol. The van der Waals surface area contributed by atoms with Crippen molar-refractivity contribution >= 4 is 39.5 Å². The van der Waals surface area contributed by atoms with Crippen molar-refractivity contribution in [1.82, 2.24) is 0 Å². The van der Waals surface area contributed by atoms with E-state index in [2.05, 4.69) is 21.2 Å². The van der Waals surface area contributed by atoms with Crippen molar-refractivity contribution in [1.29, 1.82) is 0 Å². The highest BCUT2D eigenvalue weighted by Crippen LogP contribution is 2.21. The molecule has 7 heteroatoms. The van der Waals surface area contributed by atoms with Crippen molar-refractivity contribution in [3.63, 3.8) is 0 Å². The van der Waals surface area contributed by atoms with Gasteiger partial charge in [0.2, 0.25) is 0 Å². The van der Waals surface area contributed by atoms with E-state index in [4.69, 9.17) is 9.47 Å². The highest BCUT2D eigenvalue weighted by atomic mass is 79.9. The number of hydrogen-bond donors (Lipinski definition) is 1. The first kappa shape index (κ1) is 20.8. The lowest BCUT2D eigenvalue weighted by Gasteiger charge is -2.21. The van der Waals surface area contributed by atoms with Crippen LogP contribution in [0.3, 0.4) is 0 Å². The van der Waals surface area contributed by atoms with Gasteiger partial charge in [-0.2, -0.15) is 0 Å². The number of benzene rings is 2. The number of ether oxygens (including phenoxy) is 2. The van der Waals surface area contributed by atoms with Gasteiger partial charge in [0.1, 0.15) is 5.75 Å². The van der Waals surface area contributed by atoms with E-state index in [-0.39, 0.29) is 6.10 Å². The number of rotatable bonds is 6. The zero-order valence-electron chi connectivity index (χ0n) is 15.6. The summed E-state index contributed by atoms with van der Waals surface area (Å²) in [5.41, 5.74) is 2.29. The molecule has 0 bridgehead atoms. The summed E-state index contributed by atoms with van der Waals surface area (Å²) in [4.78, 5) is 25.9. The molecule has 144 valence electrons. The highest BCUT2D eigenvalue weighted by Gasteiger charge is 2.18. The number of alkyl halides is 1. The summed E-state index contributed by atoms with van der Waals surface area (Å²) in [6.45, 7) is 5.95. The molecule has 0 heterocycles. The zero-order valence-corrected chi connectivity index (χ0v) is 17.2. The molecule has 2 aromatic carbocycles. The first-order valence-electron chi connectivity index (χ1n) is 8.58. The van der Waals surface area contributed by atoms with Gasteiger partial charge < -0.3 is 9.47 Å². The number of nitrogens with zero attached hydrogens (tertiary/aromatic N) is 1. The molecular weight excluding hydrogens is 412 g/mol. The second-order valence-electron chi connectivity index (χ2n) is 6.15. The van der Waals surface area contributed by atoms with Gasteiger partial charge in [-0.05, 0) is 50.6 Å². The van der Waals surface area contributed by atoms with Crippen LogP contribution in [0.2, 0.25) is 0 Å². The molecule has 0 unspecified atom stereocenters. The Balaban J connectivity index is 2.11. The Labute approximate surface area is 167 Å². The highest BCUT2D eigenvalue weighted by molar-refractivity contribution is 9.09. The number of anilines is 2. The Hall–Kier alpha value is -2.54. The second kappa shape index (κ2) is 9.97. The van der Waals surface area contributed by atoms with Crippen molar-refractivity contribution in [3.8, 4) is 5.75 Å². The first-order valence-corrected chi connectivity index (χ1v) is 9.71. The van der Waals surface area contributed by atoms with Crippen LogP contribution in [0.15, 0.2) is 48.5 Å². The number of aryl methyl sites for hydroxylation is 1. The van der Waals surface area contributed by atoms with Gasteiger partial charge in [0.05, 0.1) is 6.10 Å². The van der Waals surface area contributed by atoms with E-state index in [1.165, 1.54) is 0 Å². The summed E-state index contributed by atoms with van der Waals surface area (Å²) in [6, 6.07) is 14.2. The maximum absolute atomic E-state index is 12.7. The fourth-order valence-corrected chi connectivity index (χ4v) is 2.72. The minimum absolute atomic E-state index is 0.224. The van der Waals surface area contributed by atoms with E-state index >= 15 is 0 Å². The predicted molar refractivity (Wildman–Crippen MR) is 110 cm³/mol. The molecule has 6 nitrogen and oxygen atoms in total. The topological polar surface area (TPSA) is 67.9 Å². The number of hydrogen-bond acceptors (Lipinski definition) is 4. The number of halogens is 1. The Bertz CT molecular complexity index is 795. The first-order chi connectivity index (χ1) is 12.9. The Morgan fingerprint density at radius 1 is 1.15 bits per heavy atom. The van der Waals surface area contributed by atoms with Gasteiger partial charge in [0, 0.05) is 29.3 Å². The minimum atomic E-state index is -0.561. The van der Waals surface area contributed by atoms with Crippen molar-refractivity contribution in [2.75, 3.05) is 22.1 Å². The molecule has 0 saturated heterocycles. The molecule has 1 N–H and O–H groups in total. The zero-order chi connectivity index (χ0) is 19.8. The third-order valence-corrected chi connectivity index (χ3v) is 3.82. The molecule has 2 aromatic rings. The molecule has 0 fully saturated rings. The van der Waals surface area contributed by atoms with Gasteiger partial charge in [-0.15, -0.1) is 0 Å². The van der Waals surface area contributed by atoms with Crippen LogP contribution in [0.25, 0.3) is 0 Å². The number of amides is 2. The summed E-state index contributed by atoms with van der Waals surface area (Å²) in [6.07, 6.45) is -1.28.